The summed E-state index contributed by atoms with van der Waals surface area (Å²) in [6.07, 6.45) is 2.51. The fraction of sp³-hybridized carbons (Fsp3) is 0.217. The standard InChI is InChI=1S/C23H21ClN2O3/c1-28-23-21(18-3-2-4-19(24)11-18)10-16(12-25-23)9-15-5-7-17(8-6-15)22(27)26-20-13-29-14-20/h2-8,10-12,20H,9,13-14H2,1H3,(H,26,27). The van der Waals surface area contributed by atoms with E-state index in [-0.39, 0.29) is 11.9 Å². The van der Waals surface area contributed by atoms with E-state index in [0.717, 1.165) is 22.3 Å². The molecule has 0 bridgehead atoms. The van der Waals surface area contributed by atoms with Gasteiger partial charge in [0.15, 0.2) is 0 Å². The molecule has 1 amide bonds. The van der Waals surface area contributed by atoms with Crippen LogP contribution in [-0.4, -0.2) is 37.3 Å². The maximum absolute atomic E-state index is 12.2. The first-order valence-electron chi connectivity index (χ1n) is 9.39. The number of nitrogens with one attached hydrogen (secondary N) is 1. The molecule has 5 nitrogen and oxygen atoms in total. The predicted octanol–water partition coefficient (Wildman–Crippen LogP) is 4.13. The third kappa shape index (κ3) is 4.58. The van der Waals surface area contributed by atoms with Crippen molar-refractivity contribution < 1.29 is 14.3 Å². The smallest absolute Gasteiger partial charge is 0.251 e. The predicted molar refractivity (Wildman–Crippen MR) is 113 cm³/mol. The van der Waals surface area contributed by atoms with Crippen LogP contribution in [-0.2, 0) is 11.2 Å². The molecule has 1 aliphatic rings. The first-order chi connectivity index (χ1) is 14.1. The minimum Gasteiger partial charge on any atom is -0.481 e. The molecule has 148 valence electrons. The summed E-state index contributed by atoms with van der Waals surface area (Å²) in [6.45, 7) is 1.17. The second-order valence-corrected chi connectivity index (χ2v) is 7.43. The fourth-order valence-electron chi connectivity index (χ4n) is 3.22. The van der Waals surface area contributed by atoms with Gasteiger partial charge in [-0.2, -0.15) is 0 Å². The molecule has 0 aliphatic carbocycles. The molecule has 2 heterocycles. The van der Waals surface area contributed by atoms with E-state index in [1.54, 1.807) is 7.11 Å². The molecule has 2 aromatic carbocycles. The molecular formula is C23H21ClN2O3. The lowest BCUT2D eigenvalue weighted by Gasteiger charge is -2.26. The SMILES string of the molecule is COc1ncc(Cc2ccc(C(=O)NC3COC3)cc2)cc1-c1cccc(Cl)c1. The number of benzene rings is 2. The summed E-state index contributed by atoms with van der Waals surface area (Å²) >= 11 is 6.14. The van der Waals surface area contributed by atoms with Crippen molar-refractivity contribution >= 4 is 17.5 Å². The van der Waals surface area contributed by atoms with Gasteiger partial charge < -0.3 is 14.8 Å². The van der Waals surface area contributed by atoms with Gasteiger partial charge in [0.1, 0.15) is 0 Å². The van der Waals surface area contributed by atoms with Gasteiger partial charge in [0.05, 0.1) is 26.4 Å². The maximum atomic E-state index is 12.2. The second kappa shape index (κ2) is 8.64. The third-order valence-corrected chi connectivity index (χ3v) is 5.07. The highest BCUT2D eigenvalue weighted by Crippen LogP contribution is 2.31. The van der Waals surface area contributed by atoms with Crippen LogP contribution in [0.15, 0.2) is 60.8 Å². The minimum absolute atomic E-state index is 0.0702. The van der Waals surface area contributed by atoms with Gasteiger partial charge in [0.2, 0.25) is 5.88 Å². The van der Waals surface area contributed by atoms with Crippen LogP contribution in [0.25, 0.3) is 11.1 Å². The fourth-order valence-corrected chi connectivity index (χ4v) is 3.41. The summed E-state index contributed by atoms with van der Waals surface area (Å²) in [5, 5.41) is 3.61. The third-order valence-electron chi connectivity index (χ3n) is 4.83. The number of hydrogen-bond donors (Lipinski definition) is 1. The van der Waals surface area contributed by atoms with Crippen molar-refractivity contribution in [3.63, 3.8) is 0 Å². The van der Waals surface area contributed by atoms with Crippen LogP contribution in [0.5, 0.6) is 5.88 Å². The van der Waals surface area contributed by atoms with Crippen molar-refractivity contribution in [3.8, 4) is 17.0 Å². The number of ether oxygens (including phenoxy) is 2. The Morgan fingerprint density at radius 1 is 1.17 bits per heavy atom. The number of carbonyl (C=O) groups excluding carboxylic acids is 1. The maximum Gasteiger partial charge on any atom is 0.251 e. The highest BCUT2D eigenvalue weighted by atomic mass is 35.5. The quantitative estimate of drug-likeness (QED) is 0.666. The Morgan fingerprint density at radius 2 is 1.97 bits per heavy atom. The molecule has 3 aromatic rings. The molecule has 1 fully saturated rings. The topological polar surface area (TPSA) is 60.5 Å². The summed E-state index contributed by atoms with van der Waals surface area (Å²) in [6, 6.07) is 17.4. The number of nitrogens with zero attached hydrogens (tertiary/aromatic N) is 1. The second-order valence-electron chi connectivity index (χ2n) is 6.99. The molecule has 1 saturated heterocycles. The molecule has 4 rings (SSSR count). The van der Waals surface area contributed by atoms with Gasteiger partial charge in [-0.25, -0.2) is 4.98 Å². The molecule has 1 N–H and O–H groups in total. The van der Waals surface area contributed by atoms with Gasteiger partial charge in [-0.1, -0.05) is 35.9 Å². The Hall–Kier alpha value is -2.89. The van der Waals surface area contributed by atoms with Crippen molar-refractivity contribution in [1.29, 1.82) is 0 Å². The van der Waals surface area contributed by atoms with Gasteiger partial charge >= 0.3 is 0 Å². The Morgan fingerprint density at radius 3 is 2.62 bits per heavy atom. The average Bonchev–Trinajstić information content (AvgIpc) is 2.71. The number of aromatic nitrogens is 1. The van der Waals surface area contributed by atoms with E-state index in [1.165, 1.54) is 0 Å². The van der Waals surface area contributed by atoms with E-state index in [2.05, 4.69) is 16.4 Å². The van der Waals surface area contributed by atoms with Gasteiger partial charge in [-0.3, -0.25) is 4.79 Å². The van der Waals surface area contributed by atoms with Crippen molar-refractivity contribution in [1.82, 2.24) is 10.3 Å². The minimum atomic E-state index is -0.0702. The van der Waals surface area contributed by atoms with E-state index < -0.39 is 0 Å². The van der Waals surface area contributed by atoms with E-state index in [9.17, 15) is 4.79 Å². The van der Waals surface area contributed by atoms with Gasteiger partial charge in [-0.05, 0) is 53.4 Å². The summed E-state index contributed by atoms with van der Waals surface area (Å²) in [5.41, 5.74) is 4.64. The molecule has 6 heteroatoms. The van der Waals surface area contributed by atoms with Crippen LogP contribution in [0.1, 0.15) is 21.5 Å². The Balaban J connectivity index is 1.51. The number of halogens is 1. The summed E-state index contributed by atoms with van der Waals surface area (Å²) in [5.74, 6) is 0.488. The largest absolute Gasteiger partial charge is 0.481 e. The molecule has 1 aliphatic heterocycles. The zero-order valence-corrected chi connectivity index (χ0v) is 16.8. The lowest BCUT2D eigenvalue weighted by atomic mass is 10.0. The van der Waals surface area contributed by atoms with Crippen molar-refractivity contribution in [3.05, 3.63) is 82.5 Å². The Labute approximate surface area is 174 Å². The number of amides is 1. The number of carbonyl (C=O) groups is 1. The molecule has 0 saturated carbocycles. The lowest BCUT2D eigenvalue weighted by molar-refractivity contribution is -0.00346. The molecule has 0 unspecified atom stereocenters. The highest BCUT2D eigenvalue weighted by Gasteiger charge is 2.20. The van der Waals surface area contributed by atoms with Crippen molar-refractivity contribution in [2.75, 3.05) is 20.3 Å². The molecule has 0 radical (unpaired) electrons. The van der Waals surface area contributed by atoms with E-state index in [0.29, 0.717) is 36.1 Å². The molecule has 1 aromatic heterocycles. The number of methoxy groups -OCH3 is 1. The lowest BCUT2D eigenvalue weighted by Crippen LogP contribution is -2.48. The van der Waals surface area contributed by atoms with Gasteiger partial charge in [0.25, 0.3) is 5.91 Å². The Kier molecular flexibility index (Phi) is 5.79. The number of rotatable bonds is 6. The molecule has 0 atom stereocenters. The van der Waals surface area contributed by atoms with Crippen molar-refractivity contribution in [2.24, 2.45) is 0 Å². The van der Waals surface area contributed by atoms with E-state index in [4.69, 9.17) is 21.1 Å². The van der Waals surface area contributed by atoms with Crippen LogP contribution < -0.4 is 10.1 Å². The van der Waals surface area contributed by atoms with Gasteiger partial charge in [-0.15, -0.1) is 0 Å². The monoisotopic (exact) mass is 408 g/mol. The summed E-state index contributed by atoms with van der Waals surface area (Å²) < 4.78 is 10.5. The average molecular weight is 409 g/mol. The van der Waals surface area contributed by atoms with Crippen LogP contribution in [0.3, 0.4) is 0 Å². The van der Waals surface area contributed by atoms with Crippen molar-refractivity contribution in [2.45, 2.75) is 12.5 Å². The number of pyridine rings is 1. The van der Waals surface area contributed by atoms with Crippen LogP contribution in [0.2, 0.25) is 5.02 Å². The summed E-state index contributed by atoms with van der Waals surface area (Å²) in [4.78, 5) is 16.7. The molecule has 29 heavy (non-hydrogen) atoms. The van der Waals surface area contributed by atoms with Crippen LogP contribution in [0.4, 0.5) is 0 Å². The van der Waals surface area contributed by atoms with Crippen LogP contribution in [0, 0.1) is 0 Å². The summed E-state index contributed by atoms with van der Waals surface area (Å²) in [7, 11) is 1.61. The van der Waals surface area contributed by atoms with E-state index in [1.807, 2.05) is 54.7 Å². The van der Waals surface area contributed by atoms with Gasteiger partial charge in [0, 0.05) is 22.3 Å². The molecular weight excluding hydrogens is 388 g/mol. The Bertz CT molecular complexity index is 1020. The zero-order chi connectivity index (χ0) is 20.2. The first-order valence-corrected chi connectivity index (χ1v) is 9.76. The first kappa shape index (κ1) is 19.4. The highest BCUT2D eigenvalue weighted by molar-refractivity contribution is 6.30. The molecule has 0 spiro atoms. The zero-order valence-electron chi connectivity index (χ0n) is 16.0. The normalized spacial score (nSPS) is 13.6. The van der Waals surface area contributed by atoms with E-state index >= 15 is 0 Å². The number of hydrogen-bond acceptors (Lipinski definition) is 4. The van der Waals surface area contributed by atoms with Crippen LogP contribution >= 0.6 is 11.6 Å².